The summed E-state index contributed by atoms with van der Waals surface area (Å²) in [5.41, 5.74) is 0. The zero-order valence-electron chi connectivity index (χ0n) is 5.09. The molecule has 48 valence electrons. The molecule has 0 aliphatic carbocycles. The van der Waals surface area contributed by atoms with Gasteiger partial charge < -0.3 is 22.1 Å². The minimum Gasteiger partial charge on any atom is -0.712 e. The zero-order valence-corrected chi connectivity index (χ0v) is 9.54. The van der Waals surface area contributed by atoms with E-state index in [1.165, 1.54) is 0 Å². The first kappa shape index (κ1) is 13.2. The van der Waals surface area contributed by atoms with E-state index in [1.54, 1.807) is 0 Å². The molecule has 2 nitrogen and oxygen atoms in total. The van der Waals surface area contributed by atoms with Crippen LogP contribution in [-0.2, 0) is 11.7 Å². The van der Waals surface area contributed by atoms with Crippen molar-refractivity contribution < 1.29 is 34.7 Å². The van der Waals surface area contributed by atoms with Gasteiger partial charge in [0, 0.05) is 6.54 Å². The summed E-state index contributed by atoms with van der Waals surface area (Å²) in [4.78, 5) is 0. The Morgan fingerprint density at radius 3 is 2.67 bits per heavy atom. The van der Waals surface area contributed by atoms with Crippen LogP contribution >= 0.6 is 23.0 Å². The summed E-state index contributed by atoms with van der Waals surface area (Å²) >= 11 is 9.18. The largest absolute Gasteiger partial charge is 1.00 e. The van der Waals surface area contributed by atoms with E-state index < -0.39 is 0 Å². The van der Waals surface area contributed by atoms with Gasteiger partial charge in [-0.25, -0.2) is 0 Å². The fraction of sp³-hybridized carbons (Fsp3) is 0.667. The van der Waals surface area contributed by atoms with Crippen LogP contribution in [0.25, 0.3) is 0 Å². The van der Waals surface area contributed by atoms with Crippen molar-refractivity contribution >= 4 is 39.0 Å². The van der Waals surface area contributed by atoms with E-state index >= 15 is 0 Å². The average molecular weight is 191 g/mol. The maximum absolute atomic E-state index is 8.25. The Balaban J connectivity index is 0. The number of thiocarbonyl (C=S) groups is 1. The van der Waals surface area contributed by atoms with Crippen LogP contribution in [0.2, 0.25) is 0 Å². The van der Waals surface area contributed by atoms with Crippen LogP contribution in [0.1, 0.15) is 0 Å². The van der Waals surface area contributed by atoms with Crippen LogP contribution in [0.5, 0.6) is 0 Å². The molecule has 0 saturated heterocycles. The van der Waals surface area contributed by atoms with Gasteiger partial charge >= 0.3 is 29.6 Å². The van der Waals surface area contributed by atoms with Gasteiger partial charge in [-0.1, -0.05) is 12.2 Å². The molecule has 0 unspecified atom stereocenters. The molecule has 2 N–H and O–H groups in total. The van der Waals surface area contributed by atoms with E-state index in [9.17, 15) is 0 Å². The number of hydrogen-bond acceptors (Lipinski definition) is 4. The monoisotopic (exact) mass is 191 g/mol. The minimum absolute atomic E-state index is 0. The first-order valence-corrected chi connectivity index (χ1v) is 4.14. The van der Waals surface area contributed by atoms with Crippen LogP contribution in [0.3, 0.4) is 0 Å². The van der Waals surface area contributed by atoms with Gasteiger partial charge in [-0.3, -0.25) is 10.8 Å². The second-order valence-electron chi connectivity index (χ2n) is 1.02. The zero-order chi connectivity index (χ0) is 6.41. The van der Waals surface area contributed by atoms with E-state index in [1.807, 2.05) is 0 Å². The summed E-state index contributed by atoms with van der Waals surface area (Å²) in [5.74, 6) is 0. The van der Waals surface area contributed by atoms with Crippen LogP contribution in [0.15, 0.2) is 0 Å². The fourth-order valence-electron chi connectivity index (χ4n) is 0.187. The molecular formula is C3H6NNaOS3. The summed E-state index contributed by atoms with van der Waals surface area (Å²) in [6.07, 6.45) is 0. The van der Waals surface area contributed by atoms with Gasteiger partial charge in [0.25, 0.3) is 0 Å². The van der Waals surface area contributed by atoms with Crippen LogP contribution in [0.4, 0.5) is 0 Å². The first-order valence-electron chi connectivity index (χ1n) is 1.99. The smallest absolute Gasteiger partial charge is 0.712 e. The average Bonchev–Trinajstić information content (AvgIpc) is 1.83. The van der Waals surface area contributed by atoms with E-state index in [0.717, 1.165) is 10.8 Å². The Hall–Kier alpha value is 1.55. The number of hydrogen-bond donors (Lipinski definition) is 2. The molecule has 9 heavy (non-hydrogen) atoms. The molecule has 0 spiro atoms. The van der Waals surface area contributed by atoms with Gasteiger partial charge in [-0.2, -0.15) is 0 Å². The molecule has 6 heteroatoms. The van der Waals surface area contributed by atoms with Gasteiger partial charge in [-0.05, 0) is 0 Å². The number of aliphatic hydroxyl groups excluding tert-OH is 1. The Labute approximate surface area is 91.3 Å². The minimum atomic E-state index is 0. The van der Waals surface area contributed by atoms with Gasteiger partial charge in [0.1, 0.15) is 4.32 Å². The van der Waals surface area contributed by atoms with Crippen LogP contribution < -0.4 is 34.9 Å². The van der Waals surface area contributed by atoms with Gasteiger partial charge in [0.05, 0.1) is 6.61 Å². The van der Waals surface area contributed by atoms with Crippen molar-refractivity contribution in [3.63, 3.8) is 0 Å². The molecule has 0 radical (unpaired) electrons. The summed E-state index contributed by atoms with van der Waals surface area (Å²) in [7, 11) is 1.06. The summed E-state index contributed by atoms with van der Waals surface area (Å²) in [5, 5.41) is 11.0. The predicted octanol–water partition coefficient (Wildman–Crippen LogP) is -2.95. The number of aliphatic hydroxyl groups is 1. The normalized spacial score (nSPS) is 7.78. The van der Waals surface area contributed by atoms with Crippen molar-refractivity contribution in [2.45, 2.75) is 0 Å². The SMILES string of the molecule is OCCNC(=S)S[S-].[Na+]. The molecule has 0 aliphatic rings. The van der Waals surface area contributed by atoms with Crippen molar-refractivity contribution in [2.24, 2.45) is 0 Å². The van der Waals surface area contributed by atoms with Crippen molar-refractivity contribution in [1.82, 2.24) is 5.32 Å². The molecule has 0 atom stereocenters. The second-order valence-corrected chi connectivity index (χ2v) is 2.76. The third kappa shape index (κ3) is 9.55. The Bertz CT molecular complexity index is 81.5. The Morgan fingerprint density at radius 1 is 1.78 bits per heavy atom. The molecule has 0 aromatic rings. The van der Waals surface area contributed by atoms with Crippen molar-refractivity contribution in [3.05, 3.63) is 0 Å². The predicted molar refractivity (Wildman–Crippen MR) is 42.6 cm³/mol. The Morgan fingerprint density at radius 2 is 2.33 bits per heavy atom. The van der Waals surface area contributed by atoms with Gasteiger partial charge in [0.2, 0.25) is 0 Å². The molecule has 0 bridgehead atoms. The van der Waals surface area contributed by atoms with E-state index in [-0.39, 0.29) is 36.2 Å². The molecule has 0 aromatic heterocycles. The third-order valence-corrected chi connectivity index (χ3v) is 1.96. The van der Waals surface area contributed by atoms with Crippen molar-refractivity contribution in [2.75, 3.05) is 13.2 Å². The molecule has 0 aliphatic heterocycles. The van der Waals surface area contributed by atoms with E-state index in [4.69, 9.17) is 5.11 Å². The van der Waals surface area contributed by atoms with Gasteiger partial charge in [-0.15, -0.1) is 0 Å². The van der Waals surface area contributed by atoms with Gasteiger partial charge in [0.15, 0.2) is 0 Å². The Kier molecular flexibility index (Phi) is 14.0. The van der Waals surface area contributed by atoms with E-state index in [0.29, 0.717) is 10.9 Å². The fourth-order valence-corrected chi connectivity index (χ4v) is 0.627. The summed E-state index contributed by atoms with van der Waals surface area (Å²) in [6.45, 7) is 0.582. The van der Waals surface area contributed by atoms with Crippen molar-refractivity contribution in [1.29, 1.82) is 0 Å². The summed E-state index contributed by atoms with van der Waals surface area (Å²) in [6, 6.07) is 0. The maximum atomic E-state index is 8.25. The molecule has 0 aromatic carbocycles. The van der Waals surface area contributed by atoms with Crippen molar-refractivity contribution in [3.8, 4) is 0 Å². The van der Waals surface area contributed by atoms with Crippen LogP contribution in [0, 0.1) is 0 Å². The number of rotatable bonds is 2. The maximum Gasteiger partial charge on any atom is 1.00 e. The molecule has 0 heterocycles. The first-order chi connectivity index (χ1) is 3.81. The topological polar surface area (TPSA) is 32.3 Å². The standard InChI is InChI=1S/C3H7NOS3.Na/c5-2-1-4-3(6)8-7;/h5,7H,1-2H2,(H,4,6);/q;+1/p-1. The summed E-state index contributed by atoms with van der Waals surface area (Å²) < 4.78 is 0.550. The third-order valence-electron chi connectivity index (χ3n) is 0.457. The molecule has 0 amide bonds. The molecule has 0 fully saturated rings. The second kappa shape index (κ2) is 9.55. The molecule has 0 saturated carbocycles. The molecular weight excluding hydrogens is 185 g/mol. The van der Waals surface area contributed by atoms with Crippen LogP contribution in [-0.4, -0.2) is 22.6 Å². The molecule has 0 rings (SSSR count). The number of nitrogens with one attached hydrogen (secondary N) is 1. The van der Waals surface area contributed by atoms with E-state index in [2.05, 4.69) is 29.2 Å². The quantitative estimate of drug-likeness (QED) is 0.211.